The van der Waals surface area contributed by atoms with E-state index in [2.05, 4.69) is 5.32 Å². The van der Waals surface area contributed by atoms with Crippen molar-refractivity contribution >= 4 is 29.1 Å². The molecule has 1 fully saturated rings. The van der Waals surface area contributed by atoms with Gasteiger partial charge in [0, 0.05) is 23.2 Å². The summed E-state index contributed by atoms with van der Waals surface area (Å²) < 4.78 is 5.55. The summed E-state index contributed by atoms with van der Waals surface area (Å²) in [6.45, 7) is 1.35. The Morgan fingerprint density at radius 3 is 2.90 bits per heavy atom. The molecule has 5 heteroatoms. The first-order valence-electron chi connectivity index (χ1n) is 6.97. The molecule has 1 unspecified atom stereocenters. The van der Waals surface area contributed by atoms with Crippen molar-refractivity contribution in [3.63, 3.8) is 0 Å². The largest absolute Gasteiger partial charge is 0.378 e. The van der Waals surface area contributed by atoms with Gasteiger partial charge in [-0.2, -0.15) is 0 Å². The van der Waals surface area contributed by atoms with E-state index in [0.717, 1.165) is 31.4 Å². The number of benzene rings is 1. The van der Waals surface area contributed by atoms with Crippen LogP contribution in [0.5, 0.6) is 0 Å². The van der Waals surface area contributed by atoms with Crippen LogP contribution < -0.4 is 5.32 Å². The van der Waals surface area contributed by atoms with E-state index in [0.29, 0.717) is 29.4 Å². The van der Waals surface area contributed by atoms with Gasteiger partial charge in [0.05, 0.1) is 12.5 Å². The SMILES string of the molecule is O=C(CC1CCCCO1)NCCc1ccc(Cl)cc1Cl. The first kappa shape index (κ1) is 15.6. The Hall–Kier alpha value is -0.770. The third-order valence-electron chi connectivity index (χ3n) is 3.42. The zero-order valence-corrected chi connectivity index (χ0v) is 12.8. The molecule has 2 rings (SSSR count). The predicted molar refractivity (Wildman–Crippen MR) is 81.4 cm³/mol. The molecule has 0 aliphatic carbocycles. The number of carbonyl (C=O) groups is 1. The number of carbonyl (C=O) groups excluding carboxylic acids is 1. The van der Waals surface area contributed by atoms with Gasteiger partial charge in [0.15, 0.2) is 0 Å². The number of ether oxygens (including phenoxy) is 1. The number of halogens is 2. The molecule has 1 aliphatic rings. The monoisotopic (exact) mass is 315 g/mol. The van der Waals surface area contributed by atoms with Gasteiger partial charge in [-0.15, -0.1) is 0 Å². The second-order valence-corrected chi connectivity index (χ2v) is 5.87. The minimum absolute atomic E-state index is 0.0435. The Balaban J connectivity index is 1.70. The molecule has 1 amide bonds. The molecule has 1 aliphatic heterocycles. The molecule has 0 spiro atoms. The Morgan fingerprint density at radius 1 is 1.35 bits per heavy atom. The first-order valence-corrected chi connectivity index (χ1v) is 7.73. The van der Waals surface area contributed by atoms with Crippen LogP contribution in [0.2, 0.25) is 10.0 Å². The molecule has 1 heterocycles. The van der Waals surface area contributed by atoms with E-state index in [1.807, 2.05) is 6.07 Å². The van der Waals surface area contributed by atoms with Crippen LogP contribution in [0.1, 0.15) is 31.2 Å². The van der Waals surface area contributed by atoms with Crippen molar-refractivity contribution in [2.45, 2.75) is 38.2 Å². The maximum absolute atomic E-state index is 11.8. The summed E-state index contributed by atoms with van der Waals surface area (Å²) in [5.74, 6) is 0.0435. The van der Waals surface area contributed by atoms with E-state index < -0.39 is 0 Å². The summed E-state index contributed by atoms with van der Waals surface area (Å²) in [5.41, 5.74) is 0.991. The van der Waals surface area contributed by atoms with Gasteiger partial charge < -0.3 is 10.1 Å². The zero-order valence-electron chi connectivity index (χ0n) is 11.3. The van der Waals surface area contributed by atoms with Crippen molar-refractivity contribution in [1.82, 2.24) is 5.32 Å². The summed E-state index contributed by atoms with van der Waals surface area (Å²) in [7, 11) is 0. The first-order chi connectivity index (χ1) is 9.65. The van der Waals surface area contributed by atoms with E-state index in [-0.39, 0.29) is 12.0 Å². The van der Waals surface area contributed by atoms with Crippen LogP contribution in [0.15, 0.2) is 18.2 Å². The van der Waals surface area contributed by atoms with Gasteiger partial charge >= 0.3 is 0 Å². The van der Waals surface area contributed by atoms with E-state index in [1.165, 1.54) is 0 Å². The molecular weight excluding hydrogens is 297 g/mol. The lowest BCUT2D eigenvalue weighted by Gasteiger charge is -2.21. The number of nitrogens with one attached hydrogen (secondary N) is 1. The van der Waals surface area contributed by atoms with Crippen molar-refractivity contribution in [2.75, 3.05) is 13.2 Å². The smallest absolute Gasteiger partial charge is 0.222 e. The summed E-state index contributed by atoms with van der Waals surface area (Å²) in [5, 5.41) is 4.17. The second kappa shape index (κ2) is 7.87. The molecule has 0 radical (unpaired) electrons. The third kappa shape index (κ3) is 4.97. The maximum Gasteiger partial charge on any atom is 0.222 e. The third-order valence-corrected chi connectivity index (χ3v) is 4.01. The van der Waals surface area contributed by atoms with Crippen molar-refractivity contribution in [1.29, 1.82) is 0 Å². The molecule has 0 bridgehead atoms. The fraction of sp³-hybridized carbons (Fsp3) is 0.533. The zero-order chi connectivity index (χ0) is 14.4. The van der Waals surface area contributed by atoms with E-state index in [4.69, 9.17) is 27.9 Å². The number of hydrogen-bond acceptors (Lipinski definition) is 2. The molecule has 1 aromatic carbocycles. The number of amides is 1. The lowest BCUT2D eigenvalue weighted by molar-refractivity contribution is -0.124. The quantitative estimate of drug-likeness (QED) is 0.901. The highest BCUT2D eigenvalue weighted by Crippen LogP contribution is 2.21. The molecule has 1 aromatic rings. The summed E-state index contributed by atoms with van der Waals surface area (Å²) in [6, 6.07) is 5.41. The van der Waals surface area contributed by atoms with Crippen LogP contribution in [0.4, 0.5) is 0 Å². The minimum Gasteiger partial charge on any atom is -0.378 e. The van der Waals surface area contributed by atoms with Crippen LogP contribution in [-0.4, -0.2) is 25.2 Å². The lowest BCUT2D eigenvalue weighted by Crippen LogP contribution is -2.31. The second-order valence-electron chi connectivity index (χ2n) is 5.03. The fourth-order valence-corrected chi connectivity index (χ4v) is 2.81. The van der Waals surface area contributed by atoms with E-state index in [1.54, 1.807) is 12.1 Å². The predicted octanol–water partition coefficient (Wildman–Crippen LogP) is 3.61. The number of rotatable bonds is 5. The molecular formula is C15H19Cl2NO2. The normalized spacial score (nSPS) is 18.8. The highest BCUT2D eigenvalue weighted by molar-refractivity contribution is 6.35. The van der Waals surface area contributed by atoms with Gasteiger partial charge in [-0.05, 0) is 43.4 Å². The van der Waals surface area contributed by atoms with E-state index in [9.17, 15) is 4.79 Å². The Morgan fingerprint density at radius 2 is 2.20 bits per heavy atom. The summed E-state index contributed by atoms with van der Waals surface area (Å²) in [4.78, 5) is 11.8. The average molecular weight is 316 g/mol. The fourth-order valence-electron chi connectivity index (χ4n) is 2.31. The minimum atomic E-state index is 0.0435. The Kier molecular flexibility index (Phi) is 6.14. The van der Waals surface area contributed by atoms with Gasteiger partial charge in [-0.1, -0.05) is 29.3 Å². The summed E-state index contributed by atoms with van der Waals surface area (Å²) >= 11 is 11.9. The molecule has 0 saturated carbocycles. The molecule has 110 valence electrons. The average Bonchev–Trinajstić information content (AvgIpc) is 2.42. The highest BCUT2D eigenvalue weighted by atomic mass is 35.5. The van der Waals surface area contributed by atoms with Gasteiger partial charge in [0.25, 0.3) is 0 Å². The Bertz CT molecular complexity index is 459. The standard InChI is InChI=1S/C15H19Cl2NO2/c16-12-5-4-11(14(17)9-12)6-7-18-15(19)10-13-3-1-2-8-20-13/h4-5,9,13H,1-3,6-8,10H2,(H,18,19). The van der Waals surface area contributed by atoms with Crippen molar-refractivity contribution < 1.29 is 9.53 Å². The van der Waals surface area contributed by atoms with Gasteiger partial charge in [-0.3, -0.25) is 4.79 Å². The van der Waals surface area contributed by atoms with Gasteiger partial charge in [0.2, 0.25) is 5.91 Å². The molecule has 1 N–H and O–H groups in total. The van der Waals surface area contributed by atoms with Crippen molar-refractivity contribution in [3.8, 4) is 0 Å². The van der Waals surface area contributed by atoms with Gasteiger partial charge in [-0.25, -0.2) is 0 Å². The molecule has 1 saturated heterocycles. The highest BCUT2D eigenvalue weighted by Gasteiger charge is 2.17. The van der Waals surface area contributed by atoms with Crippen LogP contribution in [0, 0.1) is 0 Å². The molecule has 3 nitrogen and oxygen atoms in total. The van der Waals surface area contributed by atoms with Gasteiger partial charge in [0.1, 0.15) is 0 Å². The molecule has 1 atom stereocenters. The lowest BCUT2D eigenvalue weighted by atomic mass is 10.1. The van der Waals surface area contributed by atoms with Crippen LogP contribution in [-0.2, 0) is 16.0 Å². The van der Waals surface area contributed by atoms with E-state index >= 15 is 0 Å². The van der Waals surface area contributed by atoms with Crippen LogP contribution >= 0.6 is 23.2 Å². The molecule has 20 heavy (non-hydrogen) atoms. The van der Waals surface area contributed by atoms with Crippen LogP contribution in [0.25, 0.3) is 0 Å². The number of hydrogen-bond donors (Lipinski definition) is 1. The van der Waals surface area contributed by atoms with Crippen molar-refractivity contribution in [3.05, 3.63) is 33.8 Å². The summed E-state index contributed by atoms with van der Waals surface area (Å²) in [6.07, 6.45) is 4.48. The maximum atomic E-state index is 11.8. The van der Waals surface area contributed by atoms with Crippen LogP contribution in [0.3, 0.4) is 0 Å². The van der Waals surface area contributed by atoms with Crippen molar-refractivity contribution in [2.24, 2.45) is 0 Å². The topological polar surface area (TPSA) is 38.3 Å². The molecule has 0 aromatic heterocycles. The Labute approximate surface area is 129 Å².